The number of nitrogens with zero attached hydrogens (tertiary/aromatic N) is 2. The van der Waals surface area contributed by atoms with Crippen molar-refractivity contribution >= 4 is 32.7 Å². The second kappa shape index (κ2) is 6.53. The standard InChI is InChI=1S/C18H14F2N2O3S/c1-24-14-3-2-4-15-16(14)21-18(26-15)22-8-11(9-22)25-17(23)12-6-5-10(19)7-13(12)20/h2-7,11H,8-9H2,1H3. The normalized spacial score (nSPS) is 14.3. The van der Waals surface area contributed by atoms with Crippen LogP contribution >= 0.6 is 11.3 Å². The van der Waals surface area contributed by atoms with E-state index >= 15 is 0 Å². The summed E-state index contributed by atoms with van der Waals surface area (Å²) in [5.74, 6) is -1.75. The average molecular weight is 376 g/mol. The molecule has 1 aromatic heterocycles. The second-order valence-electron chi connectivity index (χ2n) is 5.86. The lowest BCUT2D eigenvalue weighted by Gasteiger charge is -2.38. The van der Waals surface area contributed by atoms with Gasteiger partial charge in [0, 0.05) is 6.07 Å². The topological polar surface area (TPSA) is 51.7 Å². The van der Waals surface area contributed by atoms with Crippen molar-refractivity contribution in [2.24, 2.45) is 0 Å². The molecule has 8 heteroatoms. The summed E-state index contributed by atoms with van der Waals surface area (Å²) in [5, 5.41) is 0.810. The van der Waals surface area contributed by atoms with Crippen molar-refractivity contribution in [3.05, 3.63) is 53.6 Å². The van der Waals surface area contributed by atoms with Crippen LogP contribution in [-0.4, -0.2) is 37.3 Å². The molecule has 1 aliphatic heterocycles. The first-order valence-electron chi connectivity index (χ1n) is 7.89. The summed E-state index contributed by atoms with van der Waals surface area (Å²) >= 11 is 1.52. The first kappa shape index (κ1) is 16.7. The molecule has 0 radical (unpaired) electrons. The van der Waals surface area contributed by atoms with Crippen molar-refractivity contribution in [1.29, 1.82) is 0 Å². The predicted molar refractivity (Wildman–Crippen MR) is 93.9 cm³/mol. The molecular weight excluding hydrogens is 362 g/mol. The van der Waals surface area contributed by atoms with Gasteiger partial charge in [-0.15, -0.1) is 0 Å². The first-order valence-corrected chi connectivity index (χ1v) is 8.71. The van der Waals surface area contributed by atoms with Crippen LogP contribution in [0, 0.1) is 11.6 Å². The Balaban J connectivity index is 1.42. The number of esters is 1. The molecule has 26 heavy (non-hydrogen) atoms. The highest BCUT2D eigenvalue weighted by atomic mass is 32.1. The van der Waals surface area contributed by atoms with E-state index in [9.17, 15) is 13.6 Å². The number of carbonyl (C=O) groups excluding carboxylic acids is 1. The summed E-state index contributed by atoms with van der Waals surface area (Å²) in [6, 6.07) is 8.50. The van der Waals surface area contributed by atoms with Gasteiger partial charge in [-0.05, 0) is 24.3 Å². The van der Waals surface area contributed by atoms with E-state index in [0.717, 1.165) is 27.5 Å². The molecule has 0 aliphatic carbocycles. The number of hydrogen-bond donors (Lipinski definition) is 0. The maximum absolute atomic E-state index is 13.6. The molecule has 2 heterocycles. The van der Waals surface area contributed by atoms with Crippen molar-refractivity contribution in [3.63, 3.8) is 0 Å². The molecule has 0 saturated carbocycles. The minimum atomic E-state index is -0.926. The van der Waals surface area contributed by atoms with E-state index in [2.05, 4.69) is 4.98 Å². The van der Waals surface area contributed by atoms with Crippen LogP contribution in [0.15, 0.2) is 36.4 Å². The van der Waals surface area contributed by atoms with E-state index < -0.39 is 17.6 Å². The molecule has 3 aromatic rings. The van der Waals surface area contributed by atoms with Crippen LogP contribution in [0.5, 0.6) is 5.75 Å². The molecule has 1 aliphatic rings. The lowest BCUT2D eigenvalue weighted by molar-refractivity contribution is 0.0229. The van der Waals surface area contributed by atoms with Gasteiger partial charge < -0.3 is 14.4 Å². The number of aromatic nitrogens is 1. The summed E-state index contributed by atoms with van der Waals surface area (Å²) < 4.78 is 38.1. The van der Waals surface area contributed by atoms with E-state index in [1.165, 1.54) is 11.3 Å². The van der Waals surface area contributed by atoms with E-state index in [0.29, 0.717) is 24.9 Å². The Hall–Kier alpha value is -2.74. The molecule has 0 unspecified atom stereocenters. The van der Waals surface area contributed by atoms with Gasteiger partial charge in [-0.3, -0.25) is 0 Å². The van der Waals surface area contributed by atoms with Gasteiger partial charge in [0.25, 0.3) is 0 Å². The fourth-order valence-corrected chi connectivity index (χ4v) is 3.75. The minimum absolute atomic E-state index is 0.269. The number of anilines is 1. The van der Waals surface area contributed by atoms with Crippen LogP contribution in [0.1, 0.15) is 10.4 Å². The van der Waals surface area contributed by atoms with E-state index in [1.807, 2.05) is 23.1 Å². The molecule has 0 amide bonds. The highest BCUT2D eigenvalue weighted by molar-refractivity contribution is 7.22. The highest BCUT2D eigenvalue weighted by Crippen LogP contribution is 2.36. The highest BCUT2D eigenvalue weighted by Gasteiger charge is 2.33. The third-order valence-electron chi connectivity index (χ3n) is 4.13. The zero-order valence-electron chi connectivity index (χ0n) is 13.7. The molecule has 0 N–H and O–H groups in total. The van der Waals surface area contributed by atoms with Crippen LogP contribution in [0.3, 0.4) is 0 Å². The van der Waals surface area contributed by atoms with E-state index in [-0.39, 0.29) is 11.7 Å². The smallest absolute Gasteiger partial charge is 0.341 e. The maximum Gasteiger partial charge on any atom is 0.341 e. The van der Waals surface area contributed by atoms with Gasteiger partial charge in [-0.2, -0.15) is 0 Å². The lowest BCUT2D eigenvalue weighted by Crippen LogP contribution is -2.53. The summed E-state index contributed by atoms with van der Waals surface area (Å²) in [4.78, 5) is 18.6. The number of hydrogen-bond acceptors (Lipinski definition) is 6. The first-order chi connectivity index (χ1) is 12.5. The summed E-state index contributed by atoms with van der Waals surface area (Å²) in [6.45, 7) is 0.938. The van der Waals surface area contributed by atoms with Crippen molar-refractivity contribution in [1.82, 2.24) is 4.98 Å². The molecular formula is C18H14F2N2O3S. The maximum atomic E-state index is 13.6. The molecule has 0 atom stereocenters. The Morgan fingerprint density at radius 2 is 2.08 bits per heavy atom. The van der Waals surface area contributed by atoms with Gasteiger partial charge >= 0.3 is 5.97 Å². The summed E-state index contributed by atoms with van der Waals surface area (Å²) in [7, 11) is 1.60. The van der Waals surface area contributed by atoms with Gasteiger partial charge in [0.15, 0.2) is 5.13 Å². The van der Waals surface area contributed by atoms with Gasteiger partial charge in [-0.1, -0.05) is 17.4 Å². The quantitative estimate of drug-likeness (QED) is 0.651. The molecule has 1 saturated heterocycles. The molecule has 2 aromatic carbocycles. The predicted octanol–water partition coefficient (Wildman–Crippen LogP) is 3.63. The average Bonchev–Trinajstić information content (AvgIpc) is 3.00. The zero-order valence-corrected chi connectivity index (χ0v) is 14.6. The van der Waals surface area contributed by atoms with Crippen molar-refractivity contribution in [3.8, 4) is 5.75 Å². The molecule has 134 valence electrons. The largest absolute Gasteiger partial charge is 0.494 e. The van der Waals surface area contributed by atoms with Crippen LogP contribution in [-0.2, 0) is 4.74 Å². The van der Waals surface area contributed by atoms with E-state index in [4.69, 9.17) is 9.47 Å². The number of thiazole rings is 1. The minimum Gasteiger partial charge on any atom is -0.494 e. The van der Waals surface area contributed by atoms with Crippen LogP contribution in [0.4, 0.5) is 13.9 Å². The molecule has 0 spiro atoms. The Morgan fingerprint density at radius 1 is 1.27 bits per heavy atom. The molecule has 5 nitrogen and oxygen atoms in total. The van der Waals surface area contributed by atoms with Crippen LogP contribution in [0.2, 0.25) is 0 Å². The van der Waals surface area contributed by atoms with Gasteiger partial charge in [-0.25, -0.2) is 18.6 Å². The fraction of sp³-hybridized carbons (Fsp3) is 0.222. The number of halogens is 2. The summed E-state index contributed by atoms with van der Waals surface area (Å²) in [5.41, 5.74) is 0.526. The van der Waals surface area contributed by atoms with Crippen molar-refractivity contribution in [2.75, 3.05) is 25.1 Å². The van der Waals surface area contributed by atoms with Gasteiger partial charge in [0.2, 0.25) is 0 Å². The lowest BCUT2D eigenvalue weighted by atomic mass is 10.1. The number of fused-ring (bicyclic) bond motifs is 1. The molecule has 1 fully saturated rings. The fourth-order valence-electron chi connectivity index (χ4n) is 2.75. The van der Waals surface area contributed by atoms with Gasteiger partial charge in [0.1, 0.15) is 29.0 Å². The van der Waals surface area contributed by atoms with Crippen LogP contribution < -0.4 is 9.64 Å². The SMILES string of the molecule is COc1cccc2sc(N3CC(OC(=O)c4ccc(F)cc4F)C3)nc12. The monoisotopic (exact) mass is 376 g/mol. The number of ether oxygens (including phenoxy) is 2. The zero-order chi connectivity index (χ0) is 18.3. The number of para-hydroxylation sites is 1. The second-order valence-corrected chi connectivity index (χ2v) is 6.87. The Bertz CT molecular complexity index is 986. The Kier molecular flexibility index (Phi) is 4.20. The number of methoxy groups -OCH3 is 1. The Labute approximate surface area is 151 Å². The van der Waals surface area contributed by atoms with Crippen molar-refractivity contribution < 1.29 is 23.0 Å². The van der Waals surface area contributed by atoms with Crippen molar-refractivity contribution in [2.45, 2.75) is 6.10 Å². The molecule has 0 bridgehead atoms. The number of carbonyl (C=O) groups is 1. The Morgan fingerprint density at radius 3 is 2.81 bits per heavy atom. The molecule has 4 rings (SSSR count). The summed E-state index contributed by atoms with van der Waals surface area (Å²) in [6.07, 6.45) is -0.360. The number of benzene rings is 2. The third kappa shape index (κ3) is 2.96. The number of rotatable bonds is 4. The van der Waals surface area contributed by atoms with Crippen LogP contribution in [0.25, 0.3) is 10.2 Å². The third-order valence-corrected chi connectivity index (χ3v) is 5.22. The van der Waals surface area contributed by atoms with Gasteiger partial charge in [0.05, 0.1) is 30.5 Å². The van der Waals surface area contributed by atoms with E-state index in [1.54, 1.807) is 7.11 Å².